The maximum absolute atomic E-state index is 5.74. The molecule has 0 spiro atoms. The maximum Gasteiger partial charge on any atom is 0.164 e. The van der Waals surface area contributed by atoms with Crippen molar-refractivity contribution in [2.24, 2.45) is 0 Å². The van der Waals surface area contributed by atoms with Gasteiger partial charge in [-0.25, -0.2) is 0 Å². The predicted molar refractivity (Wildman–Crippen MR) is 115 cm³/mol. The Morgan fingerprint density at radius 3 is 2.59 bits per heavy atom. The third-order valence-corrected chi connectivity index (χ3v) is 5.25. The van der Waals surface area contributed by atoms with Gasteiger partial charge in [0.2, 0.25) is 0 Å². The van der Waals surface area contributed by atoms with E-state index in [-0.39, 0.29) is 5.92 Å². The fourth-order valence-corrected chi connectivity index (χ4v) is 3.88. The molecule has 2 heterocycles. The summed E-state index contributed by atoms with van der Waals surface area (Å²) in [6, 6.07) is 18.4. The third kappa shape index (κ3) is 3.87. The quantitative estimate of drug-likeness (QED) is 0.444. The molecule has 0 amide bonds. The molecule has 2 aromatic heterocycles. The van der Waals surface area contributed by atoms with Gasteiger partial charge in [-0.1, -0.05) is 30.3 Å². The lowest BCUT2D eigenvalue weighted by molar-refractivity contribution is 0.350. The van der Waals surface area contributed by atoms with Crippen molar-refractivity contribution < 1.29 is 13.9 Å². The van der Waals surface area contributed by atoms with Gasteiger partial charge in [0.1, 0.15) is 11.5 Å². The van der Waals surface area contributed by atoms with Gasteiger partial charge in [-0.3, -0.25) is 0 Å². The summed E-state index contributed by atoms with van der Waals surface area (Å²) in [5.74, 6) is 3.42. The summed E-state index contributed by atoms with van der Waals surface area (Å²) in [5.41, 5.74) is 3.42. The highest BCUT2D eigenvalue weighted by Gasteiger charge is 2.23. The van der Waals surface area contributed by atoms with Crippen LogP contribution in [0.1, 0.15) is 28.6 Å². The Balaban J connectivity index is 1.71. The van der Waals surface area contributed by atoms with E-state index in [1.807, 2.05) is 37.3 Å². The van der Waals surface area contributed by atoms with Crippen molar-refractivity contribution in [2.45, 2.75) is 19.4 Å². The number of methoxy groups -OCH3 is 2. The average Bonchev–Trinajstić information content (AvgIpc) is 3.36. The summed E-state index contributed by atoms with van der Waals surface area (Å²) in [6.07, 6.45) is 2.09. The largest absolute Gasteiger partial charge is 0.493 e. The van der Waals surface area contributed by atoms with Crippen molar-refractivity contribution in [1.29, 1.82) is 0 Å². The molecule has 0 saturated heterocycles. The van der Waals surface area contributed by atoms with Gasteiger partial charge >= 0.3 is 0 Å². The molecule has 5 nitrogen and oxygen atoms in total. The monoisotopic (exact) mass is 390 g/mol. The first-order valence-electron chi connectivity index (χ1n) is 9.74. The minimum Gasteiger partial charge on any atom is -0.493 e. The molecule has 0 aliphatic rings. The smallest absolute Gasteiger partial charge is 0.164 e. The SMILES string of the molecule is COc1cccc([C@H](CNCc2ccc(C)o2)c2c[nH]c3ccccc23)c1OC. The van der Waals surface area contributed by atoms with Crippen LogP contribution in [0.2, 0.25) is 0 Å². The molecule has 0 saturated carbocycles. The van der Waals surface area contributed by atoms with E-state index in [0.29, 0.717) is 6.54 Å². The lowest BCUT2D eigenvalue weighted by atomic mass is 9.90. The number of rotatable bonds is 8. The normalized spacial score (nSPS) is 12.2. The van der Waals surface area contributed by atoms with Crippen LogP contribution in [0.3, 0.4) is 0 Å². The Kier molecular flexibility index (Phi) is 5.58. The lowest BCUT2D eigenvalue weighted by Gasteiger charge is -2.22. The van der Waals surface area contributed by atoms with Crippen LogP contribution in [-0.2, 0) is 6.54 Å². The van der Waals surface area contributed by atoms with Crippen LogP contribution in [0.5, 0.6) is 11.5 Å². The number of hydrogen-bond acceptors (Lipinski definition) is 4. The van der Waals surface area contributed by atoms with E-state index in [4.69, 9.17) is 13.9 Å². The second-order valence-corrected chi connectivity index (χ2v) is 7.07. The Morgan fingerprint density at radius 2 is 1.83 bits per heavy atom. The molecule has 2 aromatic carbocycles. The standard InChI is InChI=1S/C24H26N2O3/c1-16-11-12-17(29-16)13-25-14-20(19-8-6-10-23(27-2)24(19)28-3)21-15-26-22-9-5-4-7-18(21)22/h4-12,15,20,25-26H,13-14H2,1-3H3/t20-/m0/s1. The molecule has 1 atom stereocenters. The van der Waals surface area contributed by atoms with Crippen LogP contribution in [-0.4, -0.2) is 25.7 Å². The topological polar surface area (TPSA) is 59.4 Å². The zero-order chi connectivity index (χ0) is 20.2. The summed E-state index contributed by atoms with van der Waals surface area (Å²) in [7, 11) is 3.35. The molecule has 29 heavy (non-hydrogen) atoms. The molecule has 0 unspecified atom stereocenters. The number of aromatic nitrogens is 1. The number of para-hydroxylation sites is 2. The molecule has 4 aromatic rings. The van der Waals surface area contributed by atoms with Gasteiger partial charge in [-0.2, -0.15) is 0 Å². The van der Waals surface area contributed by atoms with Crippen molar-refractivity contribution in [3.63, 3.8) is 0 Å². The summed E-state index contributed by atoms with van der Waals surface area (Å²) in [5, 5.41) is 4.76. The highest BCUT2D eigenvalue weighted by atomic mass is 16.5. The number of aromatic amines is 1. The van der Waals surface area contributed by atoms with Crippen molar-refractivity contribution in [3.8, 4) is 11.5 Å². The molecule has 0 fully saturated rings. The van der Waals surface area contributed by atoms with Gasteiger partial charge in [-0.15, -0.1) is 0 Å². The molecule has 150 valence electrons. The number of fused-ring (bicyclic) bond motifs is 1. The van der Waals surface area contributed by atoms with Crippen molar-refractivity contribution in [1.82, 2.24) is 10.3 Å². The molecular formula is C24H26N2O3. The predicted octanol–water partition coefficient (Wildman–Crippen LogP) is 5.01. The number of aryl methyl sites for hydroxylation is 1. The lowest BCUT2D eigenvalue weighted by Crippen LogP contribution is -2.22. The minimum atomic E-state index is 0.0762. The van der Waals surface area contributed by atoms with Crippen molar-refractivity contribution in [2.75, 3.05) is 20.8 Å². The molecule has 0 aliphatic heterocycles. The van der Waals surface area contributed by atoms with E-state index in [1.54, 1.807) is 14.2 Å². The molecule has 5 heteroatoms. The molecule has 0 bridgehead atoms. The fourth-order valence-electron chi connectivity index (χ4n) is 3.88. The fraction of sp³-hybridized carbons (Fsp3) is 0.250. The Labute approximate surface area is 170 Å². The second kappa shape index (κ2) is 8.45. The first-order chi connectivity index (χ1) is 14.2. The number of nitrogens with one attached hydrogen (secondary N) is 2. The number of hydrogen-bond donors (Lipinski definition) is 2. The summed E-state index contributed by atoms with van der Waals surface area (Å²) in [4.78, 5) is 3.40. The van der Waals surface area contributed by atoms with Crippen LogP contribution in [0.15, 0.2) is 65.2 Å². The first kappa shape index (κ1) is 19.2. The van der Waals surface area contributed by atoms with E-state index in [1.165, 1.54) is 10.9 Å². The molecule has 0 radical (unpaired) electrons. The van der Waals surface area contributed by atoms with Crippen LogP contribution >= 0.6 is 0 Å². The summed E-state index contributed by atoms with van der Waals surface area (Å²) < 4.78 is 17.0. The highest BCUT2D eigenvalue weighted by Crippen LogP contribution is 2.40. The van der Waals surface area contributed by atoms with Gasteiger partial charge in [0.15, 0.2) is 11.5 Å². The van der Waals surface area contributed by atoms with Gasteiger partial charge in [0.05, 0.1) is 20.8 Å². The van der Waals surface area contributed by atoms with Crippen molar-refractivity contribution >= 4 is 10.9 Å². The van der Waals surface area contributed by atoms with E-state index in [9.17, 15) is 0 Å². The number of furan rings is 1. The van der Waals surface area contributed by atoms with E-state index in [0.717, 1.165) is 40.6 Å². The number of ether oxygens (including phenoxy) is 2. The number of H-pyrrole nitrogens is 1. The highest BCUT2D eigenvalue weighted by molar-refractivity contribution is 5.84. The zero-order valence-electron chi connectivity index (χ0n) is 17.0. The minimum absolute atomic E-state index is 0.0762. The summed E-state index contributed by atoms with van der Waals surface area (Å²) in [6.45, 7) is 3.35. The number of benzene rings is 2. The third-order valence-electron chi connectivity index (χ3n) is 5.25. The molecule has 4 rings (SSSR count). The Hall–Kier alpha value is -3.18. The maximum atomic E-state index is 5.74. The van der Waals surface area contributed by atoms with Gasteiger partial charge in [0, 0.05) is 35.1 Å². The first-order valence-corrected chi connectivity index (χ1v) is 9.74. The zero-order valence-corrected chi connectivity index (χ0v) is 17.0. The van der Waals surface area contributed by atoms with E-state index >= 15 is 0 Å². The van der Waals surface area contributed by atoms with Crippen LogP contribution in [0.25, 0.3) is 10.9 Å². The van der Waals surface area contributed by atoms with E-state index in [2.05, 4.69) is 40.8 Å². The van der Waals surface area contributed by atoms with Gasteiger partial charge < -0.3 is 24.2 Å². The average molecular weight is 390 g/mol. The van der Waals surface area contributed by atoms with Gasteiger partial charge in [-0.05, 0) is 36.8 Å². The van der Waals surface area contributed by atoms with Crippen LogP contribution in [0.4, 0.5) is 0 Å². The molecule has 0 aliphatic carbocycles. The second-order valence-electron chi connectivity index (χ2n) is 7.07. The van der Waals surface area contributed by atoms with Crippen LogP contribution in [0, 0.1) is 6.92 Å². The molecule has 2 N–H and O–H groups in total. The van der Waals surface area contributed by atoms with Gasteiger partial charge in [0.25, 0.3) is 0 Å². The Morgan fingerprint density at radius 1 is 0.966 bits per heavy atom. The van der Waals surface area contributed by atoms with Crippen LogP contribution < -0.4 is 14.8 Å². The van der Waals surface area contributed by atoms with E-state index < -0.39 is 0 Å². The Bertz CT molecular complexity index is 1100. The van der Waals surface area contributed by atoms with Crippen molar-refractivity contribution in [3.05, 3.63) is 83.4 Å². The molecular weight excluding hydrogens is 364 g/mol. The summed E-state index contributed by atoms with van der Waals surface area (Å²) >= 11 is 0.